The van der Waals surface area contributed by atoms with E-state index in [-0.39, 0.29) is 0 Å². The lowest BCUT2D eigenvalue weighted by Crippen LogP contribution is -2.14. The highest BCUT2D eigenvalue weighted by molar-refractivity contribution is 5.82. The molecule has 1 N–H and O–H groups in total. The molecular weight excluding hydrogens is 258 g/mol. The maximum absolute atomic E-state index is 4.81. The summed E-state index contributed by atoms with van der Waals surface area (Å²) in [5.74, 6) is 0. The zero-order valence-corrected chi connectivity index (χ0v) is 12.4. The Morgan fingerprint density at radius 2 is 1.76 bits per heavy atom. The van der Waals surface area contributed by atoms with Gasteiger partial charge in [-0.25, -0.2) is 0 Å². The first-order chi connectivity index (χ1) is 10.4. The van der Waals surface area contributed by atoms with Crippen molar-refractivity contribution in [1.82, 2.24) is 15.1 Å². The molecule has 3 nitrogen and oxygen atoms in total. The first-order valence-corrected chi connectivity index (χ1v) is 7.57. The van der Waals surface area contributed by atoms with Crippen molar-refractivity contribution in [1.29, 1.82) is 0 Å². The molecule has 0 saturated carbocycles. The van der Waals surface area contributed by atoms with Gasteiger partial charge >= 0.3 is 0 Å². The quantitative estimate of drug-likeness (QED) is 0.699. The highest BCUT2D eigenvalue weighted by atomic mass is 15.3. The van der Waals surface area contributed by atoms with Crippen molar-refractivity contribution in [3.05, 3.63) is 65.9 Å². The second-order valence-corrected chi connectivity index (χ2v) is 5.28. The van der Waals surface area contributed by atoms with Crippen LogP contribution in [0.2, 0.25) is 0 Å². The average Bonchev–Trinajstić information content (AvgIpc) is 2.87. The van der Waals surface area contributed by atoms with Crippen molar-refractivity contribution in [3.8, 4) is 0 Å². The normalized spacial score (nSPS) is 11.1. The van der Waals surface area contributed by atoms with Crippen molar-refractivity contribution in [2.24, 2.45) is 0 Å². The zero-order chi connectivity index (χ0) is 14.5. The Morgan fingerprint density at radius 3 is 2.57 bits per heavy atom. The number of para-hydroxylation sites is 1. The lowest BCUT2D eigenvalue weighted by atomic mass is 10.2. The molecule has 0 radical (unpaired) electrons. The molecule has 0 bridgehead atoms. The van der Waals surface area contributed by atoms with Crippen LogP contribution < -0.4 is 5.32 Å². The third-order valence-corrected chi connectivity index (χ3v) is 3.63. The Morgan fingerprint density at radius 1 is 1.00 bits per heavy atom. The molecule has 1 heterocycles. The minimum atomic E-state index is 0.815. The van der Waals surface area contributed by atoms with E-state index in [1.807, 2.05) is 6.07 Å². The first-order valence-electron chi connectivity index (χ1n) is 7.57. The Kier molecular flexibility index (Phi) is 4.31. The fourth-order valence-electron chi connectivity index (χ4n) is 2.59. The number of nitrogens with one attached hydrogen (secondary N) is 1. The second kappa shape index (κ2) is 6.55. The van der Waals surface area contributed by atoms with E-state index in [9.17, 15) is 0 Å². The molecule has 3 rings (SSSR count). The molecule has 0 fully saturated rings. The Hall–Kier alpha value is -2.13. The van der Waals surface area contributed by atoms with Crippen molar-refractivity contribution in [3.63, 3.8) is 0 Å². The minimum Gasteiger partial charge on any atom is -0.311 e. The van der Waals surface area contributed by atoms with Crippen LogP contribution in [-0.4, -0.2) is 16.3 Å². The number of benzene rings is 2. The summed E-state index contributed by atoms with van der Waals surface area (Å²) in [5.41, 5.74) is 3.61. The van der Waals surface area contributed by atoms with Gasteiger partial charge in [-0.15, -0.1) is 0 Å². The lowest BCUT2D eigenvalue weighted by Gasteiger charge is -2.03. The number of rotatable bonds is 6. The van der Waals surface area contributed by atoms with Gasteiger partial charge in [-0.1, -0.05) is 55.5 Å². The summed E-state index contributed by atoms with van der Waals surface area (Å²) in [6, 6.07) is 19.0. The lowest BCUT2D eigenvalue weighted by molar-refractivity contribution is 0.636. The smallest absolute Gasteiger partial charge is 0.0841 e. The number of nitrogens with zero attached hydrogens (tertiary/aromatic N) is 2. The van der Waals surface area contributed by atoms with E-state index in [0.29, 0.717) is 0 Å². The molecule has 108 valence electrons. The van der Waals surface area contributed by atoms with E-state index in [1.54, 1.807) is 0 Å². The summed E-state index contributed by atoms with van der Waals surface area (Å²) < 4.78 is 2.10. The molecule has 0 unspecified atom stereocenters. The van der Waals surface area contributed by atoms with Crippen LogP contribution in [-0.2, 0) is 13.1 Å². The summed E-state index contributed by atoms with van der Waals surface area (Å²) in [7, 11) is 0. The molecule has 0 amide bonds. The van der Waals surface area contributed by atoms with Crippen LogP contribution in [0, 0.1) is 0 Å². The van der Waals surface area contributed by atoms with Gasteiger partial charge in [0.05, 0.1) is 17.8 Å². The predicted octanol–water partition coefficient (Wildman–Crippen LogP) is 3.58. The number of hydrogen-bond donors (Lipinski definition) is 1. The molecule has 21 heavy (non-hydrogen) atoms. The van der Waals surface area contributed by atoms with Crippen LogP contribution in [0.1, 0.15) is 24.6 Å². The van der Waals surface area contributed by atoms with Gasteiger partial charge in [0.2, 0.25) is 0 Å². The standard InChI is InChI=1S/C18H21N3/c1-2-12-19-13-17-16-10-6-7-11-18(16)21(20-17)14-15-8-4-3-5-9-15/h3-11,19H,2,12-14H2,1H3. The van der Waals surface area contributed by atoms with Crippen molar-refractivity contribution in [2.75, 3.05) is 6.54 Å². The Labute approximate surface area is 125 Å². The second-order valence-electron chi connectivity index (χ2n) is 5.28. The van der Waals surface area contributed by atoms with Crippen LogP contribution in [0.4, 0.5) is 0 Å². The molecule has 0 atom stereocenters. The zero-order valence-electron chi connectivity index (χ0n) is 12.4. The summed E-state index contributed by atoms with van der Waals surface area (Å²) in [6.45, 7) is 4.85. The summed E-state index contributed by atoms with van der Waals surface area (Å²) in [4.78, 5) is 0. The fraction of sp³-hybridized carbons (Fsp3) is 0.278. The molecule has 0 aliphatic heterocycles. The van der Waals surface area contributed by atoms with Gasteiger partial charge in [-0.2, -0.15) is 5.10 Å². The number of aromatic nitrogens is 2. The molecular formula is C18H21N3. The fourth-order valence-corrected chi connectivity index (χ4v) is 2.59. The maximum atomic E-state index is 4.81. The Balaban J connectivity index is 1.91. The van der Waals surface area contributed by atoms with Crippen LogP contribution in [0.5, 0.6) is 0 Å². The van der Waals surface area contributed by atoms with E-state index < -0.39 is 0 Å². The van der Waals surface area contributed by atoms with Crippen LogP contribution in [0.15, 0.2) is 54.6 Å². The van der Waals surface area contributed by atoms with Gasteiger partial charge in [-0.05, 0) is 24.6 Å². The van der Waals surface area contributed by atoms with Gasteiger partial charge < -0.3 is 5.32 Å². The monoisotopic (exact) mass is 279 g/mol. The van der Waals surface area contributed by atoms with Gasteiger partial charge in [-0.3, -0.25) is 4.68 Å². The molecule has 0 spiro atoms. The van der Waals surface area contributed by atoms with Crippen LogP contribution in [0.3, 0.4) is 0 Å². The maximum Gasteiger partial charge on any atom is 0.0841 e. The van der Waals surface area contributed by atoms with Crippen molar-refractivity contribution >= 4 is 10.9 Å². The molecule has 2 aromatic carbocycles. The van der Waals surface area contributed by atoms with E-state index >= 15 is 0 Å². The molecule has 1 aromatic heterocycles. The third kappa shape index (κ3) is 3.14. The largest absolute Gasteiger partial charge is 0.311 e. The molecule has 3 aromatic rings. The molecule has 0 saturated heterocycles. The first kappa shape index (κ1) is 13.8. The number of hydrogen-bond acceptors (Lipinski definition) is 2. The molecule has 3 heteroatoms. The van der Waals surface area contributed by atoms with Gasteiger partial charge in [0.15, 0.2) is 0 Å². The number of fused-ring (bicyclic) bond motifs is 1. The average molecular weight is 279 g/mol. The van der Waals surface area contributed by atoms with Crippen molar-refractivity contribution in [2.45, 2.75) is 26.4 Å². The summed E-state index contributed by atoms with van der Waals surface area (Å²) >= 11 is 0. The molecule has 0 aliphatic carbocycles. The highest BCUT2D eigenvalue weighted by Gasteiger charge is 2.09. The van der Waals surface area contributed by atoms with E-state index in [1.165, 1.54) is 16.5 Å². The minimum absolute atomic E-state index is 0.815. The van der Waals surface area contributed by atoms with Crippen molar-refractivity contribution < 1.29 is 0 Å². The van der Waals surface area contributed by atoms with Crippen LogP contribution >= 0.6 is 0 Å². The van der Waals surface area contributed by atoms with E-state index in [4.69, 9.17) is 5.10 Å². The predicted molar refractivity (Wildman–Crippen MR) is 87.3 cm³/mol. The summed E-state index contributed by atoms with van der Waals surface area (Å²) in [5, 5.41) is 9.50. The topological polar surface area (TPSA) is 29.9 Å². The summed E-state index contributed by atoms with van der Waals surface area (Å²) in [6.07, 6.45) is 1.14. The van der Waals surface area contributed by atoms with Crippen LogP contribution in [0.25, 0.3) is 10.9 Å². The molecule has 0 aliphatic rings. The SMILES string of the molecule is CCCNCc1nn(Cc2ccccc2)c2ccccc12. The van der Waals surface area contributed by atoms with Gasteiger partial charge in [0.25, 0.3) is 0 Å². The van der Waals surface area contributed by atoms with E-state index in [0.717, 1.165) is 31.7 Å². The van der Waals surface area contributed by atoms with Gasteiger partial charge in [0.1, 0.15) is 0 Å². The third-order valence-electron chi connectivity index (χ3n) is 3.63. The highest BCUT2D eigenvalue weighted by Crippen LogP contribution is 2.19. The Bertz CT molecular complexity index is 701. The van der Waals surface area contributed by atoms with Gasteiger partial charge in [0, 0.05) is 11.9 Å². The van der Waals surface area contributed by atoms with E-state index in [2.05, 4.69) is 65.5 Å².